The van der Waals surface area contributed by atoms with Gasteiger partial charge in [-0.2, -0.15) is 0 Å². The molecule has 0 atom stereocenters. The Morgan fingerprint density at radius 3 is 2.48 bits per heavy atom. The van der Waals surface area contributed by atoms with Crippen molar-refractivity contribution < 1.29 is 4.79 Å². The Labute approximate surface area is 165 Å². The first kappa shape index (κ1) is 21.9. The van der Waals surface area contributed by atoms with Gasteiger partial charge in [0, 0.05) is 18.5 Å². The number of nitrogens with zero attached hydrogens (tertiary/aromatic N) is 1. The van der Waals surface area contributed by atoms with Gasteiger partial charge >= 0.3 is 0 Å². The van der Waals surface area contributed by atoms with Gasteiger partial charge in [0.05, 0.1) is 10.7 Å². The molecule has 1 heterocycles. The third-order valence-electron chi connectivity index (χ3n) is 4.35. The van der Waals surface area contributed by atoms with E-state index in [1.807, 2.05) is 25.1 Å². The highest BCUT2D eigenvalue weighted by atomic mass is 35.5. The minimum absolute atomic E-state index is 0. The van der Waals surface area contributed by atoms with Crippen LogP contribution in [0.15, 0.2) is 30.3 Å². The molecule has 1 aromatic heterocycles. The first-order valence-corrected chi connectivity index (χ1v) is 9.00. The van der Waals surface area contributed by atoms with Crippen LogP contribution < -0.4 is 11.1 Å². The number of nitrogens with one attached hydrogen (secondary N) is 1. The maximum Gasteiger partial charge on any atom is 0.263 e. The largest absolute Gasteiger partial charge is 0.349 e. The number of rotatable bonds is 4. The third-order valence-corrected chi connectivity index (χ3v) is 5.51. The van der Waals surface area contributed by atoms with E-state index in [2.05, 4.69) is 22.4 Å². The molecule has 1 aliphatic rings. The van der Waals surface area contributed by atoms with Gasteiger partial charge in [0.15, 0.2) is 0 Å². The average molecular weight is 402 g/mol. The molecule has 138 valence electrons. The molecule has 25 heavy (non-hydrogen) atoms. The van der Waals surface area contributed by atoms with E-state index >= 15 is 0 Å². The lowest BCUT2D eigenvalue weighted by Crippen LogP contribution is -2.40. The van der Waals surface area contributed by atoms with Gasteiger partial charge in [0.1, 0.15) is 4.88 Å². The number of thiazole rings is 1. The van der Waals surface area contributed by atoms with Crippen LogP contribution in [0.3, 0.4) is 0 Å². The van der Waals surface area contributed by atoms with Gasteiger partial charge < -0.3 is 11.1 Å². The van der Waals surface area contributed by atoms with E-state index in [0.29, 0.717) is 6.04 Å². The molecule has 1 aliphatic carbocycles. The van der Waals surface area contributed by atoms with Gasteiger partial charge in [-0.3, -0.25) is 4.79 Å². The summed E-state index contributed by atoms with van der Waals surface area (Å²) in [6.07, 6.45) is 4.71. The van der Waals surface area contributed by atoms with E-state index < -0.39 is 0 Å². The fourth-order valence-electron chi connectivity index (χ4n) is 3.02. The number of amides is 1. The molecule has 7 heteroatoms. The number of aromatic nitrogens is 1. The van der Waals surface area contributed by atoms with Gasteiger partial charge in [0.25, 0.3) is 5.91 Å². The van der Waals surface area contributed by atoms with E-state index in [1.54, 1.807) is 0 Å². The second-order valence-electron chi connectivity index (χ2n) is 6.27. The minimum atomic E-state index is 0. The first-order valence-electron chi connectivity index (χ1n) is 8.18. The van der Waals surface area contributed by atoms with Crippen molar-refractivity contribution in [2.24, 2.45) is 5.73 Å². The summed E-state index contributed by atoms with van der Waals surface area (Å²) < 4.78 is 0. The number of hydrogen-bond acceptors (Lipinski definition) is 4. The van der Waals surface area contributed by atoms with Crippen LogP contribution in [0.4, 0.5) is 0 Å². The van der Waals surface area contributed by atoms with Crippen molar-refractivity contribution in [3.05, 3.63) is 51.5 Å². The number of carbonyl (C=O) groups excluding carboxylic acids is 1. The summed E-state index contributed by atoms with van der Waals surface area (Å²) in [5.74, 6) is 0.0137. The molecule has 1 fully saturated rings. The van der Waals surface area contributed by atoms with Gasteiger partial charge in [0.2, 0.25) is 0 Å². The zero-order chi connectivity index (χ0) is 16.2. The Bertz CT molecular complexity index is 670. The first-order chi connectivity index (χ1) is 11.1. The van der Waals surface area contributed by atoms with Crippen LogP contribution in [-0.2, 0) is 6.42 Å². The summed E-state index contributed by atoms with van der Waals surface area (Å²) in [5, 5.41) is 4.14. The third kappa shape index (κ3) is 5.96. The normalized spacial score (nSPS) is 19.4. The lowest BCUT2D eigenvalue weighted by Gasteiger charge is -2.26. The molecule has 1 amide bonds. The van der Waals surface area contributed by atoms with Crippen molar-refractivity contribution in [3.8, 4) is 0 Å². The molecule has 3 N–H and O–H groups in total. The van der Waals surface area contributed by atoms with Crippen LogP contribution in [0.5, 0.6) is 0 Å². The lowest BCUT2D eigenvalue weighted by atomic mass is 9.92. The highest BCUT2D eigenvalue weighted by Gasteiger charge is 2.22. The Balaban J connectivity index is 0.00000156. The highest BCUT2D eigenvalue weighted by Crippen LogP contribution is 2.22. The summed E-state index contributed by atoms with van der Waals surface area (Å²) >= 11 is 1.50. The Morgan fingerprint density at radius 2 is 1.84 bits per heavy atom. The van der Waals surface area contributed by atoms with E-state index in [0.717, 1.165) is 47.7 Å². The molecule has 0 radical (unpaired) electrons. The van der Waals surface area contributed by atoms with Crippen LogP contribution in [-0.4, -0.2) is 23.0 Å². The molecule has 0 spiro atoms. The highest BCUT2D eigenvalue weighted by molar-refractivity contribution is 7.13. The van der Waals surface area contributed by atoms with Crippen LogP contribution in [0.25, 0.3) is 0 Å². The zero-order valence-corrected chi connectivity index (χ0v) is 16.7. The molecule has 0 aliphatic heterocycles. The van der Waals surface area contributed by atoms with Gasteiger partial charge in [-0.1, -0.05) is 30.3 Å². The van der Waals surface area contributed by atoms with Gasteiger partial charge in [-0.05, 0) is 38.2 Å². The summed E-state index contributed by atoms with van der Waals surface area (Å²) in [6, 6.07) is 10.8. The molecule has 4 nitrogen and oxygen atoms in total. The van der Waals surface area contributed by atoms with Crippen molar-refractivity contribution in [2.75, 3.05) is 0 Å². The SMILES string of the molecule is Cc1nc(Cc2ccccc2)sc1C(=O)NC1CCC(N)CC1.Cl.Cl. The summed E-state index contributed by atoms with van der Waals surface area (Å²) in [5.41, 5.74) is 7.96. The van der Waals surface area contributed by atoms with Crippen molar-refractivity contribution >= 4 is 42.1 Å². The zero-order valence-electron chi connectivity index (χ0n) is 14.2. The number of aryl methyl sites for hydroxylation is 1. The quantitative estimate of drug-likeness (QED) is 0.816. The van der Waals surface area contributed by atoms with Crippen LogP contribution in [0.2, 0.25) is 0 Å². The number of benzene rings is 1. The summed E-state index contributed by atoms with van der Waals surface area (Å²) in [7, 11) is 0. The predicted molar refractivity (Wildman–Crippen MR) is 108 cm³/mol. The number of nitrogens with two attached hydrogens (primary N) is 1. The molecule has 3 rings (SSSR count). The lowest BCUT2D eigenvalue weighted by molar-refractivity contribution is 0.0929. The van der Waals surface area contributed by atoms with Gasteiger partial charge in [-0.15, -0.1) is 36.2 Å². The molecule has 2 aromatic rings. The Hall–Kier alpha value is -1.14. The van der Waals surface area contributed by atoms with Crippen molar-refractivity contribution in [1.29, 1.82) is 0 Å². The summed E-state index contributed by atoms with van der Waals surface area (Å²) in [4.78, 5) is 17.8. The standard InChI is InChI=1S/C18H23N3OS.2ClH/c1-12-17(18(22)21-15-9-7-14(19)8-10-15)23-16(20-12)11-13-5-3-2-4-6-13;;/h2-6,14-15H,7-11,19H2,1H3,(H,21,22);2*1H. The topological polar surface area (TPSA) is 68.0 Å². The molecule has 0 bridgehead atoms. The number of hydrogen-bond donors (Lipinski definition) is 2. The smallest absolute Gasteiger partial charge is 0.263 e. The molecule has 1 saturated carbocycles. The van der Waals surface area contributed by atoms with Crippen LogP contribution in [0.1, 0.15) is 51.6 Å². The van der Waals surface area contributed by atoms with Crippen LogP contribution >= 0.6 is 36.2 Å². The van der Waals surface area contributed by atoms with E-state index in [9.17, 15) is 4.79 Å². The van der Waals surface area contributed by atoms with Crippen molar-refractivity contribution in [3.63, 3.8) is 0 Å². The average Bonchev–Trinajstić information content (AvgIpc) is 2.91. The molecule has 0 saturated heterocycles. The maximum atomic E-state index is 12.5. The predicted octanol–water partition coefficient (Wildman–Crippen LogP) is 3.89. The molecule has 1 aromatic carbocycles. The fraction of sp³-hybridized carbons (Fsp3) is 0.444. The second kappa shape index (κ2) is 10.1. The Kier molecular flexibility index (Phi) is 8.86. The second-order valence-corrected chi connectivity index (χ2v) is 7.35. The van der Waals surface area contributed by atoms with E-state index in [-0.39, 0.29) is 36.8 Å². The fourth-order valence-corrected chi connectivity index (χ4v) is 4.03. The molecular weight excluding hydrogens is 377 g/mol. The Morgan fingerprint density at radius 1 is 1.20 bits per heavy atom. The van der Waals surface area contributed by atoms with Crippen molar-refractivity contribution in [2.45, 2.75) is 51.1 Å². The molecule has 0 unspecified atom stereocenters. The maximum absolute atomic E-state index is 12.5. The summed E-state index contributed by atoms with van der Waals surface area (Å²) in [6.45, 7) is 1.91. The minimum Gasteiger partial charge on any atom is -0.349 e. The van der Waals surface area contributed by atoms with E-state index in [4.69, 9.17) is 5.73 Å². The molecular formula is C18H25Cl2N3OS. The van der Waals surface area contributed by atoms with E-state index in [1.165, 1.54) is 16.9 Å². The monoisotopic (exact) mass is 401 g/mol. The van der Waals surface area contributed by atoms with Crippen LogP contribution in [0, 0.1) is 6.92 Å². The number of carbonyl (C=O) groups is 1. The van der Waals surface area contributed by atoms with Gasteiger partial charge in [-0.25, -0.2) is 4.98 Å². The van der Waals surface area contributed by atoms with Crippen molar-refractivity contribution in [1.82, 2.24) is 10.3 Å². The number of halogens is 2.